The van der Waals surface area contributed by atoms with Crippen LogP contribution in [0.3, 0.4) is 0 Å². The maximum Gasteiger partial charge on any atom is 0.345 e. The number of para-hydroxylation sites is 1. The Morgan fingerprint density at radius 2 is 2.00 bits per heavy atom. The summed E-state index contributed by atoms with van der Waals surface area (Å²) in [6, 6.07) is 12.2. The monoisotopic (exact) mass is 368 g/mol. The van der Waals surface area contributed by atoms with E-state index in [4.69, 9.17) is 4.74 Å². The largest absolute Gasteiger partial charge is 0.452 e. The number of rotatable bonds is 5. The van der Waals surface area contributed by atoms with E-state index in [1.165, 1.54) is 17.7 Å². The number of esters is 1. The minimum atomic E-state index is -0.885. The van der Waals surface area contributed by atoms with Crippen molar-refractivity contribution in [3.63, 3.8) is 0 Å². The lowest BCUT2D eigenvalue weighted by Crippen LogP contribution is -2.34. The number of ether oxygens (including phenoxy) is 1. The Bertz CT molecular complexity index is 894. The van der Waals surface area contributed by atoms with Gasteiger partial charge in [-0.05, 0) is 43.4 Å². The number of nitro benzene ring substituents is 1. The zero-order valence-corrected chi connectivity index (χ0v) is 14.9. The van der Waals surface area contributed by atoms with Crippen LogP contribution in [0.15, 0.2) is 42.5 Å². The molecule has 27 heavy (non-hydrogen) atoms. The molecule has 0 spiro atoms. The molecule has 7 nitrogen and oxygen atoms in total. The van der Waals surface area contributed by atoms with Gasteiger partial charge in [-0.25, -0.2) is 4.79 Å². The molecule has 2 aromatic carbocycles. The van der Waals surface area contributed by atoms with Gasteiger partial charge in [-0.15, -0.1) is 0 Å². The fraction of sp³-hybridized carbons (Fsp3) is 0.300. The first-order valence-corrected chi connectivity index (χ1v) is 8.75. The highest BCUT2D eigenvalue weighted by Crippen LogP contribution is 2.29. The maximum atomic E-state index is 12.2. The molecule has 3 rings (SSSR count). The summed E-state index contributed by atoms with van der Waals surface area (Å²) in [5.41, 5.74) is 2.19. The van der Waals surface area contributed by atoms with E-state index in [2.05, 4.69) is 5.32 Å². The average Bonchev–Trinajstić information content (AvgIpc) is 2.66. The minimum absolute atomic E-state index is 0.116. The molecule has 2 aromatic rings. The van der Waals surface area contributed by atoms with Gasteiger partial charge in [0, 0.05) is 5.56 Å². The van der Waals surface area contributed by atoms with Gasteiger partial charge < -0.3 is 10.1 Å². The van der Waals surface area contributed by atoms with Crippen LogP contribution in [0.25, 0.3) is 0 Å². The van der Waals surface area contributed by atoms with Crippen LogP contribution in [-0.4, -0.2) is 23.4 Å². The quantitative estimate of drug-likeness (QED) is 0.496. The molecule has 0 unspecified atom stereocenters. The van der Waals surface area contributed by atoms with E-state index in [-0.39, 0.29) is 17.3 Å². The number of nitrogens with zero attached hydrogens (tertiary/aromatic N) is 1. The van der Waals surface area contributed by atoms with E-state index in [0.717, 1.165) is 24.8 Å². The first-order valence-electron chi connectivity index (χ1n) is 8.75. The van der Waals surface area contributed by atoms with Crippen LogP contribution in [-0.2, 0) is 16.0 Å². The molecule has 0 aromatic heterocycles. The summed E-state index contributed by atoms with van der Waals surface area (Å²) in [7, 11) is 0. The molecule has 0 radical (unpaired) electrons. The highest BCUT2D eigenvalue weighted by atomic mass is 16.6. The lowest BCUT2D eigenvalue weighted by Gasteiger charge is -2.26. The first kappa shape index (κ1) is 18.6. The van der Waals surface area contributed by atoms with Gasteiger partial charge >= 0.3 is 5.97 Å². The van der Waals surface area contributed by atoms with Crippen LogP contribution in [0.4, 0.5) is 5.69 Å². The number of nitrogens with one attached hydrogen (secondary N) is 1. The molecule has 0 saturated heterocycles. The number of nitro groups is 1. The summed E-state index contributed by atoms with van der Waals surface area (Å²) in [4.78, 5) is 35.0. The Balaban J connectivity index is 1.63. The SMILES string of the molecule is Cc1cccc(C(=O)OCC(=O)N[C@H]2CCCc3ccccc32)c1[N+](=O)[O-]. The van der Waals surface area contributed by atoms with Crippen LogP contribution >= 0.6 is 0 Å². The molecule has 0 saturated carbocycles. The summed E-state index contributed by atoms with van der Waals surface area (Å²) < 4.78 is 5.01. The van der Waals surface area contributed by atoms with Gasteiger partial charge in [0.05, 0.1) is 11.0 Å². The van der Waals surface area contributed by atoms with Gasteiger partial charge in [-0.2, -0.15) is 0 Å². The molecular weight excluding hydrogens is 348 g/mol. The third-order valence-electron chi connectivity index (χ3n) is 4.68. The van der Waals surface area contributed by atoms with E-state index >= 15 is 0 Å². The van der Waals surface area contributed by atoms with E-state index in [1.807, 2.05) is 24.3 Å². The summed E-state index contributed by atoms with van der Waals surface area (Å²) in [6.07, 6.45) is 2.77. The Labute approximate surface area is 156 Å². The zero-order valence-electron chi connectivity index (χ0n) is 14.9. The molecule has 0 heterocycles. The first-order chi connectivity index (χ1) is 13.0. The number of fused-ring (bicyclic) bond motifs is 1. The Kier molecular flexibility index (Phi) is 5.49. The highest BCUT2D eigenvalue weighted by molar-refractivity contribution is 5.95. The van der Waals surface area contributed by atoms with Gasteiger partial charge in [-0.3, -0.25) is 14.9 Å². The second-order valence-electron chi connectivity index (χ2n) is 6.52. The lowest BCUT2D eigenvalue weighted by atomic mass is 9.88. The number of amides is 1. The number of hydrogen-bond acceptors (Lipinski definition) is 5. The molecule has 1 aliphatic carbocycles. The second-order valence-corrected chi connectivity index (χ2v) is 6.52. The average molecular weight is 368 g/mol. The van der Waals surface area contributed by atoms with Gasteiger partial charge in [0.25, 0.3) is 11.6 Å². The third kappa shape index (κ3) is 4.13. The van der Waals surface area contributed by atoms with Crippen LogP contribution in [0.5, 0.6) is 0 Å². The van der Waals surface area contributed by atoms with Crippen molar-refractivity contribution < 1.29 is 19.2 Å². The number of aryl methyl sites for hydroxylation is 2. The lowest BCUT2D eigenvalue weighted by molar-refractivity contribution is -0.385. The fourth-order valence-electron chi connectivity index (χ4n) is 3.41. The molecule has 0 fully saturated rings. The van der Waals surface area contributed by atoms with Crippen molar-refractivity contribution in [2.75, 3.05) is 6.61 Å². The maximum absolute atomic E-state index is 12.2. The predicted molar refractivity (Wildman–Crippen MR) is 98.4 cm³/mol. The molecule has 140 valence electrons. The van der Waals surface area contributed by atoms with Crippen LogP contribution in [0, 0.1) is 17.0 Å². The van der Waals surface area contributed by atoms with E-state index < -0.39 is 23.4 Å². The number of carbonyl (C=O) groups is 2. The Morgan fingerprint density at radius 3 is 2.78 bits per heavy atom. The van der Waals surface area contributed by atoms with Gasteiger partial charge in [0.15, 0.2) is 6.61 Å². The molecule has 1 N–H and O–H groups in total. The van der Waals surface area contributed by atoms with E-state index in [1.54, 1.807) is 13.0 Å². The van der Waals surface area contributed by atoms with Crippen LogP contribution < -0.4 is 5.32 Å². The van der Waals surface area contributed by atoms with E-state index in [9.17, 15) is 19.7 Å². The molecule has 0 aliphatic heterocycles. The summed E-state index contributed by atoms with van der Waals surface area (Å²) in [6.45, 7) is 1.06. The number of carbonyl (C=O) groups excluding carboxylic acids is 2. The summed E-state index contributed by atoms with van der Waals surface area (Å²) >= 11 is 0. The smallest absolute Gasteiger partial charge is 0.345 e. The summed E-state index contributed by atoms with van der Waals surface area (Å²) in [5, 5.41) is 14.1. The fourth-order valence-corrected chi connectivity index (χ4v) is 3.41. The van der Waals surface area contributed by atoms with Crippen LogP contribution in [0.2, 0.25) is 0 Å². The van der Waals surface area contributed by atoms with Crippen molar-refractivity contribution in [1.82, 2.24) is 5.32 Å². The molecule has 0 bridgehead atoms. The minimum Gasteiger partial charge on any atom is -0.452 e. The topological polar surface area (TPSA) is 98.5 Å². The number of hydrogen-bond donors (Lipinski definition) is 1. The predicted octanol–water partition coefficient (Wildman–Crippen LogP) is 3.25. The molecular formula is C20H20N2O5. The van der Waals surface area contributed by atoms with Crippen molar-refractivity contribution >= 4 is 17.6 Å². The molecule has 7 heteroatoms. The zero-order chi connectivity index (χ0) is 19.4. The van der Waals surface area contributed by atoms with Crippen molar-refractivity contribution in [3.8, 4) is 0 Å². The third-order valence-corrected chi connectivity index (χ3v) is 4.68. The molecule has 1 aliphatic rings. The van der Waals surface area contributed by atoms with Crippen molar-refractivity contribution in [1.29, 1.82) is 0 Å². The normalized spacial score (nSPS) is 15.5. The second kappa shape index (κ2) is 7.99. The van der Waals surface area contributed by atoms with Gasteiger partial charge in [0.1, 0.15) is 5.56 Å². The highest BCUT2D eigenvalue weighted by Gasteiger charge is 2.25. The van der Waals surface area contributed by atoms with Crippen molar-refractivity contribution in [2.45, 2.75) is 32.2 Å². The van der Waals surface area contributed by atoms with Crippen molar-refractivity contribution in [2.24, 2.45) is 0 Å². The van der Waals surface area contributed by atoms with Gasteiger partial charge in [0.2, 0.25) is 0 Å². The molecule has 1 atom stereocenters. The Hall–Kier alpha value is -3.22. The summed E-state index contributed by atoms with van der Waals surface area (Å²) in [5.74, 6) is -1.31. The van der Waals surface area contributed by atoms with Crippen LogP contribution in [0.1, 0.15) is 45.9 Å². The van der Waals surface area contributed by atoms with E-state index in [0.29, 0.717) is 5.56 Å². The standard InChI is InChI=1S/C20H20N2O5/c1-13-6-4-10-16(19(13)22(25)26)20(24)27-12-18(23)21-17-11-5-8-14-7-2-3-9-15(14)17/h2-4,6-7,9-10,17H,5,8,11-12H2,1H3,(H,21,23)/t17-/m0/s1. The van der Waals surface area contributed by atoms with Crippen molar-refractivity contribution in [3.05, 3.63) is 74.8 Å². The Morgan fingerprint density at radius 1 is 1.22 bits per heavy atom. The number of benzene rings is 2. The van der Waals surface area contributed by atoms with Gasteiger partial charge in [-0.1, -0.05) is 36.4 Å². The molecule has 1 amide bonds.